The Labute approximate surface area is 140 Å². The van der Waals surface area contributed by atoms with Crippen LogP contribution in [0, 0.1) is 0 Å². The molecule has 1 unspecified atom stereocenters. The number of aliphatic hydroxyl groups excluding tert-OH is 1. The molecule has 23 heavy (non-hydrogen) atoms. The van der Waals surface area contributed by atoms with E-state index in [2.05, 4.69) is 10.4 Å². The number of aromatic nitrogens is 2. The van der Waals surface area contributed by atoms with E-state index in [1.165, 1.54) is 0 Å². The molecule has 1 heterocycles. The zero-order valence-electron chi connectivity index (χ0n) is 13.1. The van der Waals surface area contributed by atoms with E-state index in [0.717, 1.165) is 5.56 Å². The van der Waals surface area contributed by atoms with Gasteiger partial charge in [0.2, 0.25) is 0 Å². The lowest BCUT2D eigenvalue weighted by Crippen LogP contribution is -2.29. The van der Waals surface area contributed by atoms with Crippen LogP contribution in [0.5, 0.6) is 0 Å². The number of carbonyl (C=O) groups excluding carboxylic acids is 1. The van der Waals surface area contributed by atoms with Crippen molar-refractivity contribution in [3.8, 4) is 11.3 Å². The van der Waals surface area contributed by atoms with Gasteiger partial charge in [-0.25, -0.2) is 4.68 Å². The zero-order chi connectivity index (χ0) is 16.8. The Balaban J connectivity index is 2.24. The summed E-state index contributed by atoms with van der Waals surface area (Å²) in [5.74, 6) is 0.258. The van der Waals surface area contributed by atoms with Gasteiger partial charge in [-0.2, -0.15) is 5.10 Å². The fourth-order valence-corrected chi connectivity index (χ4v) is 2.22. The van der Waals surface area contributed by atoms with Gasteiger partial charge < -0.3 is 15.2 Å². The topological polar surface area (TPSA) is 76.4 Å². The van der Waals surface area contributed by atoms with E-state index in [1.807, 2.05) is 19.1 Å². The third-order valence-electron chi connectivity index (χ3n) is 3.27. The summed E-state index contributed by atoms with van der Waals surface area (Å²) in [5.41, 5.74) is 1.56. The van der Waals surface area contributed by atoms with Gasteiger partial charge in [-0.05, 0) is 26.0 Å². The fraction of sp³-hybridized carbons (Fsp3) is 0.375. The second-order valence-corrected chi connectivity index (χ2v) is 5.39. The molecule has 1 atom stereocenters. The third kappa shape index (κ3) is 4.54. The van der Waals surface area contributed by atoms with Gasteiger partial charge >= 0.3 is 0 Å². The molecule has 0 fully saturated rings. The SMILES string of the molecule is CCOC(C)C(=O)Nc1cc(-c2ccc(Cl)cc2)nn1CCO. The molecule has 7 heteroatoms. The van der Waals surface area contributed by atoms with E-state index >= 15 is 0 Å². The molecule has 0 spiro atoms. The summed E-state index contributed by atoms with van der Waals surface area (Å²) >= 11 is 5.89. The molecule has 2 aromatic rings. The Morgan fingerprint density at radius 2 is 2.13 bits per heavy atom. The molecule has 0 bridgehead atoms. The molecule has 0 saturated heterocycles. The molecular weight excluding hydrogens is 318 g/mol. The number of hydrogen-bond acceptors (Lipinski definition) is 4. The van der Waals surface area contributed by atoms with Gasteiger partial charge in [0.15, 0.2) is 0 Å². The van der Waals surface area contributed by atoms with Crippen molar-refractivity contribution < 1.29 is 14.6 Å². The van der Waals surface area contributed by atoms with Crippen LogP contribution >= 0.6 is 11.6 Å². The number of nitrogens with zero attached hydrogens (tertiary/aromatic N) is 2. The second-order valence-electron chi connectivity index (χ2n) is 4.96. The molecule has 0 aliphatic heterocycles. The van der Waals surface area contributed by atoms with Crippen molar-refractivity contribution in [3.05, 3.63) is 35.4 Å². The Morgan fingerprint density at radius 3 is 2.74 bits per heavy atom. The van der Waals surface area contributed by atoms with Gasteiger partial charge in [0, 0.05) is 23.3 Å². The van der Waals surface area contributed by atoms with Crippen LogP contribution in [0.25, 0.3) is 11.3 Å². The first-order valence-electron chi connectivity index (χ1n) is 7.42. The maximum Gasteiger partial charge on any atom is 0.254 e. The van der Waals surface area contributed by atoms with Crippen molar-refractivity contribution in [2.24, 2.45) is 0 Å². The lowest BCUT2D eigenvalue weighted by Gasteiger charge is -2.12. The summed E-state index contributed by atoms with van der Waals surface area (Å²) in [7, 11) is 0. The smallest absolute Gasteiger partial charge is 0.254 e. The van der Waals surface area contributed by atoms with E-state index in [-0.39, 0.29) is 19.1 Å². The number of anilines is 1. The minimum absolute atomic E-state index is 0.0778. The molecule has 0 radical (unpaired) electrons. The van der Waals surface area contributed by atoms with Crippen molar-refractivity contribution in [2.75, 3.05) is 18.5 Å². The predicted molar refractivity (Wildman–Crippen MR) is 89.5 cm³/mol. The van der Waals surface area contributed by atoms with Gasteiger partial charge in [-0.1, -0.05) is 23.7 Å². The van der Waals surface area contributed by atoms with E-state index < -0.39 is 6.10 Å². The van der Waals surface area contributed by atoms with Crippen LogP contribution < -0.4 is 5.32 Å². The summed E-state index contributed by atoms with van der Waals surface area (Å²) < 4.78 is 6.83. The highest BCUT2D eigenvalue weighted by atomic mass is 35.5. The molecule has 6 nitrogen and oxygen atoms in total. The number of benzene rings is 1. The van der Waals surface area contributed by atoms with Crippen molar-refractivity contribution in [3.63, 3.8) is 0 Å². The average molecular weight is 338 g/mol. The lowest BCUT2D eigenvalue weighted by atomic mass is 10.1. The van der Waals surface area contributed by atoms with E-state index in [4.69, 9.17) is 16.3 Å². The van der Waals surface area contributed by atoms with Gasteiger partial charge in [-0.3, -0.25) is 4.79 Å². The molecule has 1 aromatic heterocycles. The fourth-order valence-electron chi connectivity index (χ4n) is 2.10. The quantitative estimate of drug-likeness (QED) is 0.814. The highest BCUT2D eigenvalue weighted by molar-refractivity contribution is 6.30. The third-order valence-corrected chi connectivity index (χ3v) is 3.52. The maximum atomic E-state index is 12.1. The minimum atomic E-state index is -0.559. The first-order valence-corrected chi connectivity index (χ1v) is 7.80. The summed E-state index contributed by atoms with van der Waals surface area (Å²) in [6.07, 6.45) is -0.559. The van der Waals surface area contributed by atoms with Crippen LogP contribution in [-0.2, 0) is 16.1 Å². The molecule has 2 rings (SSSR count). The molecule has 0 aliphatic carbocycles. The molecule has 0 aliphatic rings. The number of aliphatic hydroxyl groups is 1. The van der Waals surface area contributed by atoms with Crippen LogP contribution in [0.4, 0.5) is 5.82 Å². The number of rotatable bonds is 7. The van der Waals surface area contributed by atoms with Crippen molar-refractivity contribution in [1.82, 2.24) is 9.78 Å². The van der Waals surface area contributed by atoms with E-state index in [0.29, 0.717) is 23.1 Å². The first-order chi connectivity index (χ1) is 11.0. The highest BCUT2D eigenvalue weighted by Crippen LogP contribution is 2.23. The maximum absolute atomic E-state index is 12.1. The number of ether oxygens (including phenoxy) is 1. The predicted octanol–water partition coefficient (Wildman–Crippen LogP) is 2.56. The molecule has 1 aromatic carbocycles. The molecule has 0 saturated carbocycles. The largest absolute Gasteiger partial charge is 0.394 e. The molecular formula is C16H20ClN3O3. The molecule has 124 valence electrons. The molecule has 2 N–H and O–H groups in total. The average Bonchev–Trinajstić information content (AvgIpc) is 2.91. The van der Waals surface area contributed by atoms with E-state index in [1.54, 1.807) is 29.8 Å². The van der Waals surface area contributed by atoms with Gasteiger partial charge in [0.25, 0.3) is 5.91 Å². The molecule has 1 amide bonds. The van der Waals surface area contributed by atoms with Crippen molar-refractivity contribution in [1.29, 1.82) is 0 Å². The van der Waals surface area contributed by atoms with Crippen molar-refractivity contribution >= 4 is 23.3 Å². The monoisotopic (exact) mass is 337 g/mol. The highest BCUT2D eigenvalue weighted by Gasteiger charge is 2.16. The number of nitrogens with one attached hydrogen (secondary N) is 1. The van der Waals surface area contributed by atoms with Gasteiger partial charge in [0.05, 0.1) is 18.8 Å². The van der Waals surface area contributed by atoms with Gasteiger partial charge in [0.1, 0.15) is 11.9 Å². The first kappa shape index (κ1) is 17.5. The summed E-state index contributed by atoms with van der Waals surface area (Å²) in [5, 5.41) is 17.0. The van der Waals surface area contributed by atoms with Gasteiger partial charge in [-0.15, -0.1) is 0 Å². The van der Waals surface area contributed by atoms with Crippen LogP contribution in [0.1, 0.15) is 13.8 Å². The minimum Gasteiger partial charge on any atom is -0.394 e. The van der Waals surface area contributed by atoms with Crippen LogP contribution in [0.2, 0.25) is 5.02 Å². The van der Waals surface area contributed by atoms with Crippen molar-refractivity contribution in [2.45, 2.75) is 26.5 Å². The summed E-state index contributed by atoms with van der Waals surface area (Å²) in [4.78, 5) is 12.1. The normalized spacial score (nSPS) is 12.2. The number of hydrogen-bond donors (Lipinski definition) is 2. The Morgan fingerprint density at radius 1 is 1.43 bits per heavy atom. The summed E-state index contributed by atoms with van der Waals surface area (Å²) in [6.45, 7) is 4.18. The lowest BCUT2D eigenvalue weighted by molar-refractivity contribution is -0.126. The standard InChI is InChI=1S/C16H20ClN3O3/c1-3-23-11(2)16(22)18-15-10-14(19-20(15)8-9-21)12-4-6-13(17)7-5-12/h4-7,10-11,21H,3,8-9H2,1-2H3,(H,18,22). The number of amides is 1. The van der Waals surface area contributed by atoms with Crippen LogP contribution in [0.15, 0.2) is 30.3 Å². The zero-order valence-corrected chi connectivity index (χ0v) is 13.9. The van der Waals surface area contributed by atoms with Crippen LogP contribution in [-0.4, -0.2) is 40.1 Å². The Bertz CT molecular complexity index is 655. The number of halogens is 1. The van der Waals surface area contributed by atoms with Crippen LogP contribution in [0.3, 0.4) is 0 Å². The Kier molecular flexibility index (Phi) is 6.15. The number of carbonyl (C=O) groups is 1. The van der Waals surface area contributed by atoms with E-state index in [9.17, 15) is 9.90 Å². The Hall–Kier alpha value is -1.89. The second kappa shape index (κ2) is 8.10. The summed E-state index contributed by atoms with van der Waals surface area (Å²) in [6, 6.07) is 9.01.